The quantitative estimate of drug-likeness (QED) is 0.688. The van der Waals surface area contributed by atoms with E-state index in [9.17, 15) is 22.8 Å². The van der Waals surface area contributed by atoms with E-state index in [-0.39, 0.29) is 18.3 Å². The van der Waals surface area contributed by atoms with Gasteiger partial charge in [0.05, 0.1) is 19.2 Å². The molecular formula is C14H15F3N2O3. The highest BCUT2D eigenvalue weighted by atomic mass is 19.2. The second kappa shape index (κ2) is 6.67. The van der Waals surface area contributed by atoms with Crippen LogP contribution in [0.5, 0.6) is 0 Å². The van der Waals surface area contributed by atoms with E-state index in [4.69, 9.17) is 0 Å². The number of nitrogens with one attached hydrogen (secondary N) is 1. The van der Waals surface area contributed by atoms with E-state index in [1.54, 1.807) is 0 Å². The number of hydrogen-bond donors (Lipinski definition) is 1. The fourth-order valence-electron chi connectivity index (χ4n) is 2.34. The highest BCUT2D eigenvalue weighted by Crippen LogP contribution is 2.23. The number of benzene rings is 1. The number of urea groups is 1. The number of amides is 2. The summed E-state index contributed by atoms with van der Waals surface area (Å²) in [6.07, 6.45) is 0.783. The first-order valence-electron chi connectivity index (χ1n) is 6.68. The lowest BCUT2D eigenvalue weighted by molar-refractivity contribution is -0.141. The Morgan fingerprint density at radius 3 is 2.77 bits per heavy atom. The Kier molecular flexibility index (Phi) is 4.89. The molecule has 2 rings (SSSR count). The van der Waals surface area contributed by atoms with Crippen molar-refractivity contribution in [2.75, 3.05) is 25.5 Å². The Hall–Kier alpha value is -2.25. The average Bonchev–Trinajstić information content (AvgIpc) is 2.92. The number of carbonyl (C=O) groups excluding carboxylic acids is 2. The minimum absolute atomic E-state index is 0.0488. The number of ether oxygens (including phenoxy) is 1. The van der Waals surface area contributed by atoms with Gasteiger partial charge in [-0.1, -0.05) is 0 Å². The first-order valence-corrected chi connectivity index (χ1v) is 6.68. The molecule has 0 spiro atoms. The van der Waals surface area contributed by atoms with Crippen molar-refractivity contribution < 1.29 is 27.5 Å². The summed E-state index contributed by atoms with van der Waals surface area (Å²) in [6.45, 7) is 0.660. The molecule has 2 amide bonds. The molecule has 1 fully saturated rings. The third-order valence-corrected chi connectivity index (χ3v) is 3.49. The van der Waals surface area contributed by atoms with Crippen LogP contribution in [0, 0.1) is 23.4 Å². The van der Waals surface area contributed by atoms with Crippen molar-refractivity contribution in [1.29, 1.82) is 0 Å². The zero-order valence-corrected chi connectivity index (χ0v) is 11.9. The molecule has 5 nitrogen and oxygen atoms in total. The molecule has 1 aliphatic rings. The Morgan fingerprint density at radius 1 is 1.36 bits per heavy atom. The summed E-state index contributed by atoms with van der Waals surface area (Å²) in [5, 5.41) is 2.14. The van der Waals surface area contributed by atoms with Gasteiger partial charge in [-0.2, -0.15) is 0 Å². The minimum atomic E-state index is -1.37. The lowest BCUT2D eigenvalue weighted by Crippen LogP contribution is -2.33. The summed E-state index contributed by atoms with van der Waals surface area (Å²) >= 11 is 0. The minimum Gasteiger partial charge on any atom is -0.469 e. The van der Waals surface area contributed by atoms with Crippen LogP contribution in [0.3, 0.4) is 0 Å². The van der Waals surface area contributed by atoms with Crippen molar-refractivity contribution in [2.24, 2.45) is 5.92 Å². The normalized spacial score (nSPS) is 17.5. The van der Waals surface area contributed by atoms with Crippen LogP contribution in [0.4, 0.5) is 23.7 Å². The van der Waals surface area contributed by atoms with E-state index in [2.05, 4.69) is 10.1 Å². The summed E-state index contributed by atoms with van der Waals surface area (Å²) in [7, 11) is 1.28. The van der Waals surface area contributed by atoms with Crippen molar-refractivity contribution in [2.45, 2.75) is 12.8 Å². The van der Waals surface area contributed by atoms with Crippen molar-refractivity contribution in [1.82, 2.24) is 4.90 Å². The molecule has 0 aromatic heterocycles. The van der Waals surface area contributed by atoms with Gasteiger partial charge < -0.3 is 15.0 Å². The maximum atomic E-state index is 13.5. The van der Waals surface area contributed by atoms with E-state index < -0.39 is 29.2 Å². The number of halogens is 3. The molecule has 0 bridgehead atoms. The number of anilines is 1. The molecule has 0 radical (unpaired) electrons. The summed E-state index contributed by atoms with van der Waals surface area (Å²) in [6, 6.07) is 0.433. The van der Waals surface area contributed by atoms with Crippen LogP contribution in [-0.2, 0) is 9.53 Å². The van der Waals surface area contributed by atoms with E-state index in [1.165, 1.54) is 12.0 Å². The number of methoxy groups -OCH3 is 1. The Labute approximate surface area is 125 Å². The Balaban J connectivity index is 1.98. The number of esters is 1. The molecule has 0 aliphatic carbocycles. The van der Waals surface area contributed by atoms with Crippen molar-refractivity contribution in [3.05, 3.63) is 29.6 Å². The number of likely N-dealkylation sites (tertiary alicyclic amines) is 1. The first kappa shape index (κ1) is 16.1. The van der Waals surface area contributed by atoms with Gasteiger partial charge in [-0.15, -0.1) is 0 Å². The highest BCUT2D eigenvalue weighted by Gasteiger charge is 2.28. The molecule has 1 aromatic carbocycles. The van der Waals surface area contributed by atoms with Crippen LogP contribution in [0.15, 0.2) is 12.1 Å². The van der Waals surface area contributed by atoms with Gasteiger partial charge >= 0.3 is 12.0 Å². The zero-order valence-electron chi connectivity index (χ0n) is 11.9. The second-order valence-electron chi connectivity index (χ2n) is 5.06. The molecule has 1 aliphatic heterocycles. The summed E-state index contributed by atoms with van der Waals surface area (Å²) < 4.78 is 44.2. The number of carbonyl (C=O) groups is 2. The summed E-state index contributed by atoms with van der Waals surface area (Å²) in [4.78, 5) is 24.5. The van der Waals surface area contributed by atoms with Gasteiger partial charge in [0.2, 0.25) is 0 Å². The maximum absolute atomic E-state index is 13.5. The van der Waals surface area contributed by atoms with Gasteiger partial charge in [-0.3, -0.25) is 4.79 Å². The van der Waals surface area contributed by atoms with E-state index >= 15 is 0 Å². The smallest absolute Gasteiger partial charge is 0.321 e. The second-order valence-corrected chi connectivity index (χ2v) is 5.06. The van der Waals surface area contributed by atoms with E-state index in [0.717, 1.165) is 0 Å². The van der Waals surface area contributed by atoms with Crippen molar-refractivity contribution in [3.8, 4) is 0 Å². The van der Waals surface area contributed by atoms with Gasteiger partial charge in [0, 0.05) is 25.2 Å². The third-order valence-electron chi connectivity index (χ3n) is 3.49. The topological polar surface area (TPSA) is 58.6 Å². The lowest BCUT2D eigenvalue weighted by Gasteiger charge is -2.17. The summed E-state index contributed by atoms with van der Waals surface area (Å²) in [5.74, 6) is -4.10. The monoisotopic (exact) mass is 316 g/mol. The number of hydrogen-bond acceptors (Lipinski definition) is 3. The fraction of sp³-hybridized carbons (Fsp3) is 0.429. The van der Waals surface area contributed by atoms with Gasteiger partial charge in [0.1, 0.15) is 5.82 Å². The highest BCUT2D eigenvalue weighted by molar-refractivity contribution is 5.89. The molecule has 22 heavy (non-hydrogen) atoms. The summed E-state index contributed by atoms with van der Waals surface area (Å²) in [5.41, 5.74) is -0.557. The number of nitrogens with zero attached hydrogens (tertiary/aromatic N) is 1. The third kappa shape index (κ3) is 3.69. The Bertz CT molecular complexity index is 595. The molecule has 1 saturated heterocycles. The number of rotatable bonds is 3. The first-order chi connectivity index (χ1) is 10.4. The largest absolute Gasteiger partial charge is 0.469 e. The SMILES string of the molecule is COC(=O)C[C@H]1CCN(C(=O)Nc2cc(F)cc(F)c2F)C1. The molecule has 8 heteroatoms. The average molecular weight is 316 g/mol. The van der Waals surface area contributed by atoms with Crippen LogP contribution in [0.2, 0.25) is 0 Å². The molecule has 1 heterocycles. The van der Waals surface area contributed by atoms with Crippen molar-refractivity contribution in [3.63, 3.8) is 0 Å². The predicted octanol–water partition coefficient (Wildman–Crippen LogP) is 2.52. The van der Waals surface area contributed by atoms with Crippen LogP contribution in [0.1, 0.15) is 12.8 Å². The molecular weight excluding hydrogens is 301 g/mol. The van der Waals surface area contributed by atoms with Crippen molar-refractivity contribution >= 4 is 17.7 Å². The van der Waals surface area contributed by atoms with Gasteiger partial charge in [0.15, 0.2) is 11.6 Å². The van der Waals surface area contributed by atoms with Crippen LogP contribution < -0.4 is 5.32 Å². The predicted molar refractivity (Wildman–Crippen MR) is 71.6 cm³/mol. The molecule has 0 saturated carbocycles. The molecule has 1 aromatic rings. The van der Waals surface area contributed by atoms with Gasteiger partial charge in [-0.25, -0.2) is 18.0 Å². The van der Waals surface area contributed by atoms with Crippen LogP contribution >= 0.6 is 0 Å². The van der Waals surface area contributed by atoms with E-state index in [0.29, 0.717) is 31.6 Å². The molecule has 1 N–H and O–H groups in total. The van der Waals surface area contributed by atoms with Gasteiger partial charge in [0.25, 0.3) is 0 Å². The van der Waals surface area contributed by atoms with Gasteiger partial charge in [-0.05, 0) is 12.3 Å². The maximum Gasteiger partial charge on any atom is 0.321 e. The fourth-order valence-corrected chi connectivity index (χ4v) is 2.34. The van der Waals surface area contributed by atoms with Crippen LogP contribution in [0.25, 0.3) is 0 Å². The molecule has 1 atom stereocenters. The lowest BCUT2D eigenvalue weighted by atomic mass is 10.1. The van der Waals surface area contributed by atoms with E-state index in [1.807, 2.05) is 0 Å². The molecule has 0 unspecified atom stereocenters. The van der Waals surface area contributed by atoms with Crippen LogP contribution in [-0.4, -0.2) is 37.1 Å². The standard InChI is InChI=1S/C14H15F3N2O3/c1-22-12(20)4-8-2-3-19(7-8)14(21)18-11-6-9(15)5-10(16)13(11)17/h5-6,8H,2-4,7H2,1H3,(H,18,21)/t8-/m1/s1. The molecule has 120 valence electrons. The zero-order chi connectivity index (χ0) is 16.3. The Morgan fingerprint density at radius 2 is 2.09 bits per heavy atom.